The van der Waals surface area contributed by atoms with Crippen molar-refractivity contribution in [2.45, 2.75) is 39.5 Å². The van der Waals surface area contributed by atoms with Crippen LogP contribution in [0.15, 0.2) is 36.4 Å². The molecule has 0 radical (unpaired) electrons. The van der Waals surface area contributed by atoms with E-state index in [-0.39, 0.29) is 11.7 Å². The maximum Gasteiger partial charge on any atom is 0.234 e. The molecule has 1 atom stereocenters. The summed E-state index contributed by atoms with van der Waals surface area (Å²) >= 11 is 0. The number of hydrogen-bond donors (Lipinski definition) is 1. The van der Waals surface area contributed by atoms with Crippen LogP contribution in [-0.4, -0.2) is 5.91 Å². The third-order valence-corrected chi connectivity index (χ3v) is 4.68. The van der Waals surface area contributed by atoms with Crippen LogP contribution in [0.4, 0.5) is 10.1 Å². The van der Waals surface area contributed by atoms with Crippen molar-refractivity contribution in [2.24, 2.45) is 5.92 Å². The van der Waals surface area contributed by atoms with E-state index in [1.807, 2.05) is 26.0 Å². The van der Waals surface area contributed by atoms with Crippen LogP contribution in [-0.2, 0) is 10.2 Å². The van der Waals surface area contributed by atoms with Crippen molar-refractivity contribution in [3.05, 3.63) is 53.3 Å². The van der Waals surface area contributed by atoms with Gasteiger partial charge in [0.25, 0.3) is 0 Å². The number of carbonyl (C=O) groups is 1. The molecule has 23 heavy (non-hydrogen) atoms. The molecule has 0 spiro atoms. The first kappa shape index (κ1) is 15.7. The minimum Gasteiger partial charge on any atom is -0.325 e. The highest BCUT2D eigenvalue weighted by molar-refractivity contribution is 6.06. The number of halogens is 1. The van der Waals surface area contributed by atoms with Gasteiger partial charge in [-0.2, -0.15) is 0 Å². The molecule has 0 fully saturated rings. The monoisotopic (exact) mass is 311 g/mol. The average molecular weight is 311 g/mol. The molecule has 1 aliphatic rings. The fourth-order valence-electron chi connectivity index (χ4n) is 3.63. The minimum absolute atomic E-state index is 0.0641. The van der Waals surface area contributed by atoms with Gasteiger partial charge in [0, 0.05) is 5.69 Å². The van der Waals surface area contributed by atoms with Gasteiger partial charge in [-0.3, -0.25) is 4.79 Å². The van der Waals surface area contributed by atoms with Crippen LogP contribution in [0.5, 0.6) is 0 Å². The number of aryl methyl sites for hydroxylation is 1. The van der Waals surface area contributed by atoms with E-state index >= 15 is 0 Å². The number of amides is 1. The van der Waals surface area contributed by atoms with Crippen LogP contribution in [0.2, 0.25) is 0 Å². The Kier molecular flexibility index (Phi) is 3.75. The standard InChI is InChI=1S/C20H22FNO/c1-12(2)11-20(4)17-10-14(5-8-18(17)22-19(20)23)16-7-6-15(21)9-13(16)3/h5-10,12H,11H2,1-4H3,(H,22,23). The van der Waals surface area contributed by atoms with E-state index in [4.69, 9.17) is 0 Å². The fraction of sp³-hybridized carbons (Fsp3) is 0.350. The molecule has 1 N–H and O–H groups in total. The average Bonchev–Trinajstić information content (AvgIpc) is 2.69. The van der Waals surface area contributed by atoms with Gasteiger partial charge in [0.15, 0.2) is 0 Å². The van der Waals surface area contributed by atoms with Crippen molar-refractivity contribution < 1.29 is 9.18 Å². The zero-order chi connectivity index (χ0) is 16.8. The molecule has 0 aromatic heterocycles. The van der Waals surface area contributed by atoms with Crippen molar-refractivity contribution in [3.63, 3.8) is 0 Å². The second-order valence-electron chi connectivity index (χ2n) is 7.10. The van der Waals surface area contributed by atoms with Crippen molar-refractivity contribution in [1.29, 1.82) is 0 Å². The third kappa shape index (κ3) is 2.65. The smallest absolute Gasteiger partial charge is 0.234 e. The highest BCUT2D eigenvalue weighted by Crippen LogP contribution is 2.43. The molecular weight excluding hydrogens is 289 g/mol. The number of benzene rings is 2. The molecule has 0 saturated carbocycles. The Bertz CT molecular complexity index is 781. The summed E-state index contributed by atoms with van der Waals surface area (Å²) < 4.78 is 13.3. The quantitative estimate of drug-likeness (QED) is 0.843. The van der Waals surface area contributed by atoms with Gasteiger partial charge in [-0.25, -0.2) is 4.39 Å². The first-order valence-electron chi connectivity index (χ1n) is 8.04. The lowest BCUT2D eigenvalue weighted by molar-refractivity contribution is -0.120. The molecule has 1 aliphatic heterocycles. The Morgan fingerprint density at radius 3 is 2.57 bits per heavy atom. The summed E-state index contributed by atoms with van der Waals surface area (Å²) in [5.41, 5.74) is 4.34. The van der Waals surface area contributed by atoms with E-state index in [2.05, 4.69) is 25.2 Å². The van der Waals surface area contributed by atoms with Crippen LogP contribution in [0, 0.1) is 18.7 Å². The Morgan fingerprint density at radius 2 is 1.91 bits per heavy atom. The maximum absolute atomic E-state index is 13.3. The summed E-state index contributed by atoms with van der Waals surface area (Å²) in [6.07, 6.45) is 0.803. The normalized spacial score (nSPS) is 19.8. The van der Waals surface area contributed by atoms with Gasteiger partial charge in [-0.15, -0.1) is 0 Å². The molecule has 0 saturated heterocycles. The number of carbonyl (C=O) groups excluding carboxylic acids is 1. The van der Waals surface area contributed by atoms with E-state index in [1.54, 1.807) is 12.1 Å². The minimum atomic E-state index is -0.507. The lowest BCUT2D eigenvalue weighted by Gasteiger charge is -2.24. The summed E-state index contributed by atoms with van der Waals surface area (Å²) in [7, 11) is 0. The first-order valence-corrected chi connectivity index (χ1v) is 8.04. The van der Waals surface area contributed by atoms with Gasteiger partial charge >= 0.3 is 0 Å². The van der Waals surface area contributed by atoms with Gasteiger partial charge in [-0.05, 0) is 72.7 Å². The molecule has 0 bridgehead atoms. The Balaban J connectivity index is 2.10. The number of hydrogen-bond acceptors (Lipinski definition) is 1. The van der Waals surface area contributed by atoms with Crippen molar-refractivity contribution in [1.82, 2.24) is 0 Å². The number of rotatable bonds is 3. The second kappa shape index (κ2) is 5.48. The van der Waals surface area contributed by atoms with Gasteiger partial charge < -0.3 is 5.32 Å². The van der Waals surface area contributed by atoms with Gasteiger partial charge in [-0.1, -0.05) is 26.0 Å². The van der Waals surface area contributed by atoms with Crippen LogP contribution < -0.4 is 5.32 Å². The molecule has 120 valence electrons. The number of fused-ring (bicyclic) bond motifs is 1. The van der Waals surface area contributed by atoms with E-state index < -0.39 is 5.41 Å². The van der Waals surface area contributed by atoms with E-state index in [9.17, 15) is 9.18 Å². The molecule has 0 aliphatic carbocycles. The van der Waals surface area contributed by atoms with E-state index in [0.29, 0.717) is 5.92 Å². The number of anilines is 1. The third-order valence-electron chi connectivity index (χ3n) is 4.68. The summed E-state index contributed by atoms with van der Waals surface area (Å²) in [5.74, 6) is 0.260. The highest BCUT2D eigenvalue weighted by atomic mass is 19.1. The zero-order valence-corrected chi connectivity index (χ0v) is 14.0. The zero-order valence-electron chi connectivity index (χ0n) is 14.0. The van der Waals surface area contributed by atoms with Crippen LogP contribution in [0.3, 0.4) is 0 Å². The van der Waals surface area contributed by atoms with Crippen molar-refractivity contribution in [3.8, 4) is 11.1 Å². The van der Waals surface area contributed by atoms with Gasteiger partial charge in [0.05, 0.1) is 5.41 Å². The first-order chi connectivity index (χ1) is 10.8. The predicted molar refractivity (Wildman–Crippen MR) is 92.0 cm³/mol. The Morgan fingerprint density at radius 1 is 1.17 bits per heavy atom. The largest absolute Gasteiger partial charge is 0.325 e. The molecule has 1 amide bonds. The molecule has 3 heteroatoms. The molecule has 1 heterocycles. The topological polar surface area (TPSA) is 29.1 Å². The van der Waals surface area contributed by atoms with Crippen LogP contribution in [0.25, 0.3) is 11.1 Å². The lowest BCUT2D eigenvalue weighted by atomic mass is 9.76. The highest BCUT2D eigenvalue weighted by Gasteiger charge is 2.42. The Hall–Kier alpha value is -2.16. The second-order valence-corrected chi connectivity index (χ2v) is 7.10. The van der Waals surface area contributed by atoms with Crippen LogP contribution in [0.1, 0.15) is 38.3 Å². The van der Waals surface area contributed by atoms with Crippen molar-refractivity contribution >= 4 is 11.6 Å². The number of nitrogens with one attached hydrogen (secondary N) is 1. The van der Waals surface area contributed by atoms with Gasteiger partial charge in [0.1, 0.15) is 5.82 Å². The fourth-order valence-corrected chi connectivity index (χ4v) is 3.63. The summed E-state index contributed by atoms with van der Waals surface area (Å²) in [6, 6.07) is 10.8. The van der Waals surface area contributed by atoms with Gasteiger partial charge in [0.2, 0.25) is 5.91 Å². The molecule has 2 nitrogen and oxygen atoms in total. The summed E-state index contributed by atoms with van der Waals surface area (Å²) in [4.78, 5) is 12.5. The SMILES string of the molecule is Cc1cc(F)ccc1-c1ccc2c(c1)C(C)(CC(C)C)C(=O)N2. The maximum atomic E-state index is 13.3. The molecular formula is C20H22FNO. The molecule has 2 aromatic carbocycles. The molecule has 1 unspecified atom stereocenters. The van der Waals surface area contributed by atoms with E-state index in [1.165, 1.54) is 6.07 Å². The van der Waals surface area contributed by atoms with Crippen LogP contribution >= 0.6 is 0 Å². The Labute approximate surface area is 136 Å². The van der Waals surface area contributed by atoms with Crippen molar-refractivity contribution in [2.75, 3.05) is 5.32 Å². The summed E-state index contributed by atoms with van der Waals surface area (Å²) in [5, 5.41) is 3.00. The molecule has 2 aromatic rings. The lowest BCUT2D eigenvalue weighted by Crippen LogP contribution is -2.32. The van der Waals surface area contributed by atoms with E-state index in [0.717, 1.165) is 34.4 Å². The predicted octanol–water partition coefficient (Wildman–Crippen LogP) is 5.06. The molecule has 3 rings (SSSR count). The summed E-state index contributed by atoms with van der Waals surface area (Å²) in [6.45, 7) is 8.17.